The van der Waals surface area contributed by atoms with Crippen molar-refractivity contribution < 1.29 is 28.4 Å². The van der Waals surface area contributed by atoms with Crippen LogP contribution in [0.15, 0.2) is 60.8 Å². The minimum absolute atomic E-state index is 0.0692. The predicted molar refractivity (Wildman–Crippen MR) is 230 cm³/mol. The molecule has 54 heavy (non-hydrogen) atoms. The number of allylic oxidation sites excluding steroid dienone is 9. The molecule has 0 bridgehead atoms. The lowest BCUT2D eigenvalue weighted by atomic mass is 10.1. The van der Waals surface area contributed by atoms with E-state index in [0.29, 0.717) is 6.42 Å². The minimum atomic E-state index is -4.35. The van der Waals surface area contributed by atoms with Crippen molar-refractivity contribution in [1.82, 2.24) is 5.32 Å². The summed E-state index contributed by atoms with van der Waals surface area (Å²) in [5.74, 6) is -0.219. The highest BCUT2D eigenvalue weighted by Gasteiger charge is 2.26. The number of hydrogen-bond donors (Lipinski definition) is 4. The number of carbonyl (C=O) groups excluding carboxylic acids is 1. The normalized spacial score (nSPS) is 14.7. The molecule has 0 saturated carbocycles. The average Bonchev–Trinajstić information content (AvgIpc) is 3.16. The summed E-state index contributed by atoms with van der Waals surface area (Å²) in [5.41, 5.74) is 5.37. The number of carbonyl (C=O) groups is 1. The van der Waals surface area contributed by atoms with Crippen molar-refractivity contribution in [3.05, 3.63) is 60.8 Å². The van der Waals surface area contributed by atoms with E-state index >= 15 is 0 Å². The molecule has 0 aromatic carbocycles. The van der Waals surface area contributed by atoms with Gasteiger partial charge < -0.3 is 21.1 Å². The molecule has 0 saturated heterocycles. The Morgan fingerprint density at radius 2 is 1.04 bits per heavy atom. The van der Waals surface area contributed by atoms with Crippen molar-refractivity contribution in [2.75, 3.05) is 19.8 Å². The molecular weight excluding hydrogens is 695 g/mol. The molecule has 1 amide bonds. The van der Waals surface area contributed by atoms with Gasteiger partial charge in [-0.1, -0.05) is 171 Å². The summed E-state index contributed by atoms with van der Waals surface area (Å²) in [5, 5.41) is 13.6. The first kappa shape index (κ1) is 52.2. The lowest BCUT2D eigenvalue weighted by Crippen LogP contribution is -2.45. The number of phosphoric acid groups is 1. The number of nitrogens with two attached hydrogens (primary N) is 1. The number of phosphoric ester groups is 1. The highest BCUT2D eigenvalue weighted by Crippen LogP contribution is 2.43. The van der Waals surface area contributed by atoms with Crippen LogP contribution in [0.4, 0.5) is 0 Å². The molecule has 3 unspecified atom stereocenters. The molecule has 314 valence electrons. The Hall–Kier alpha value is -1.80. The van der Waals surface area contributed by atoms with Gasteiger partial charge in [-0.25, -0.2) is 4.57 Å². The average molecular weight is 779 g/mol. The van der Waals surface area contributed by atoms with Gasteiger partial charge in [0.05, 0.1) is 25.4 Å². The maximum Gasteiger partial charge on any atom is 0.472 e. The zero-order valence-corrected chi connectivity index (χ0v) is 35.6. The molecule has 0 aliphatic heterocycles. The highest BCUT2D eigenvalue weighted by molar-refractivity contribution is 7.47. The van der Waals surface area contributed by atoms with E-state index in [1.165, 1.54) is 103 Å². The van der Waals surface area contributed by atoms with Gasteiger partial charge >= 0.3 is 7.82 Å². The van der Waals surface area contributed by atoms with E-state index < -0.39 is 20.0 Å². The smallest absolute Gasteiger partial charge is 0.387 e. The number of amides is 1. The van der Waals surface area contributed by atoms with Crippen LogP contribution in [0.5, 0.6) is 0 Å². The van der Waals surface area contributed by atoms with Crippen LogP contribution in [0.2, 0.25) is 0 Å². The van der Waals surface area contributed by atoms with Crippen LogP contribution >= 0.6 is 7.82 Å². The molecule has 5 N–H and O–H groups in total. The molecule has 3 atom stereocenters. The van der Waals surface area contributed by atoms with Crippen molar-refractivity contribution >= 4 is 13.7 Å². The van der Waals surface area contributed by atoms with Crippen molar-refractivity contribution in [2.45, 2.75) is 199 Å². The zero-order chi connectivity index (χ0) is 39.6. The van der Waals surface area contributed by atoms with Crippen molar-refractivity contribution in [2.24, 2.45) is 5.73 Å². The molecule has 0 aliphatic rings. The fourth-order valence-corrected chi connectivity index (χ4v) is 6.74. The first-order chi connectivity index (χ1) is 26.4. The summed E-state index contributed by atoms with van der Waals surface area (Å²) >= 11 is 0. The maximum atomic E-state index is 12.8. The fourth-order valence-electron chi connectivity index (χ4n) is 5.98. The molecule has 0 heterocycles. The van der Waals surface area contributed by atoms with E-state index in [-0.39, 0.29) is 25.7 Å². The molecule has 8 nitrogen and oxygen atoms in total. The van der Waals surface area contributed by atoms with Crippen LogP contribution in [0, 0.1) is 0 Å². The van der Waals surface area contributed by atoms with Crippen LogP contribution in [-0.2, 0) is 18.4 Å². The molecule has 0 rings (SSSR count). The van der Waals surface area contributed by atoms with Gasteiger partial charge in [-0.3, -0.25) is 13.8 Å². The summed E-state index contributed by atoms with van der Waals surface area (Å²) in [4.78, 5) is 22.7. The quantitative estimate of drug-likeness (QED) is 0.0277. The molecule has 0 spiro atoms. The van der Waals surface area contributed by atoms with Crippen LogP contribution in [0.3, 0.4) is 0 Å². The molecule has 0 aromatic rings. The van der Waals surface area contributed by atoms with E-state index in [4.69, 9.17) is 14.8 Å². The lowest BCUT2D eigenvalue weighted by Gasteiger charge is -2.23. The second kappa shape index (κ2) is 40.9. The lowest BCUT2D eigenvalue weighted by molar-refractivity contribution is -0.123. The monoisotopic (exact) mass is 779 g/mol. The topological polar surface area (TPSA) is 131 Å². The van der Waals surface area contributed by atoms with Crippen LogP contribution in [-0.4, -0.2) is 47.8 Å². The summed E-state index contributed by atoms with van der Waals surface area (Å²) in [7, 11) is -4.35. The molecule has 0 radical (unpaired) electrons. The molecular formula is C45H83N2O6P. The van der Waals surface area contributed by atoms with Gasteiger partial charge in [0.15, 0.2) is 0 Å². The maximum absolute atomic E-state index is 12.8. The third-order valence-electron chi connectivity index (χ3n) is 9.32. The summed E-state index contributed by atoms with van der Waals surface area (Å²) < 4.78 is 22.1. The number of hydrogen-bond acceptors (Lipinski definition) is 6. The Morgan fingerprint density at radius 1 is 0.611 bits per heavy atom. The Labute approximate surface area is 332 Å². The van der Waals surface area contributed by atoms with Gasteiger partial charge in [-0.2, -0.15) is 0 Å². The van der Waals surface area contributed by atoms with Gasteiger partial charge in [0.25, 0.3) is 0 Å². The van der Waals surface area contributed by atoms with Gasteiger partial charge in [-0.05, 0) is 70.6 Å². The Morgan fingerprint density at radius 3 is 1.59 bits per heavy atom. The third kappa shape index (κ3) is 38.5. The summed E-state index contributed by atoms with van der Waals surface area (Å²) in [6, 6.07) is -0.886. The first-order valence-corrected chi connectivity index (χ1v) is 23.4. The fraction of sp³-hybridized carbons (Fsp3) is 0.756. The number of aliphatic hydroxyl groups is 1. The zero-order valence-electron chi connectivity index (χ0n) is 34.7. The predicted octanol–water partition coefficient (Wildman–Crippen LogP) is 12.3. The van der Waals surface area contributed by atoms with Gasteiger partial charge in [-0.15, -0.1) is 0 Å². The minimum Gasteiger partial charge on any atom is -0.387 e. The van der Waals surface area contributed by atoms with Crippen molar-refractivity contribution in [3.8, 4) is 0 Å². The second-order valence-electron chi connectivity index (χ2n) is 14.5. The number of unbranched alkanes of at least 4 members (excludes halogenated alkanes) is 20. The number of rotatable bonds is 40. The molecule has 0 aromatic heterocycles. The van der Waals surface area contributed by atoms with E-state index in [9.17, 15) is 19.4 Å². The van der Waals surface area contributed by atoms with E-state index in [1.807, 2.05) is 6.08 Å². The SMILES string of the molecule is CCCCC/C=C\C/C=C\C/C=C\CCCCCCCCC(=O)NC(COP(=O)(O)OCCN)C(O)/C=C/CC/C=C/CCCCCCCCCCCC. The van der Waals surface area contributed by atoms with Gasteiger partial charge in [0.1, 0.15) is 0 Å². The van der Waals surface area contributed by atoms with Crippen LogP contribution < -0.4 is 11.1 Å². The Bertz CT molecular complexity index is 1030. The summed E-state index contributed by atoms with van der Waals surface area (Å²) in [6.45, 7) is 4.07. The van der Waals surface area contributed by atoms with E-state index in [1.54, 1.807) is 6.08 Å². The standard InChI is InChI=1S/C45H83N2O6P/c1-3-5-7-9-11-13-15-17-19-21-22-23-25-27-29-31-33-35-37-39-45(49)47-43(42-53-54(50,51)52-41-40-46)44(48)38-36-34-32-30-28-26-24-20-18-16-14-12-10-8-6-4-2/h11,13,17,19,22-23,28,30,36,38,43-44,48H,3-10,12,14-16,18,20-21,24-27,29,31-35,37,39-42,46H2,1-2H3,(H,47,49)(H,50,51)/b13-11-,19-17-,23-22-,30-28+,38-36+. The highest BCUT2D eigenvalue weighted by atomic mass is 31.2. The second-order valence-corrected chi connectivity index (χ2v) is 16.0. The largest absolute Gasteiger partial charge is 0.472 e. The Balaban J connectivity index is 4.30. The van der Waals surface area contributed by atoms with Gasteiger partial charge in [0, 0.05) is 13.0 Å². The van der Waals surface area contributed by atoms with Crippen LogP contribution in [0.1, 0.15) is 187 Å². The van der Waals surface area contributed by atoms with E-state index in [0.717, 1.165) is 64.2 Å². The first-order valence-electron chi connectivity index (χ1n) is 21.9. The molecule has 9 heteroatoms. The van der Waals surface area contributed by atoms with Crippen LogP contribution in [0.25, 0.3) is 0 Å². The number of nitrogens with one attached hydrogen (secondary N) is 1. The molecule has 0 aliphatic carbocycles. The number of aliphatic hydroxyl groups excluding tert-OH is 1. The summed E-state index contributed by atoms with van der Waals surface area (Å²) in [6.07, 6.45) is 51.2. The Kier molecular flexibility index (Phi) is 39.5. The molecule has 0 fully saturated rings. The van der Waals surface area contributed by atoms with Gasteiger partial charge in [0.2, 0.25) is 5.91 Å². The van der Waals surface area contributed by atoms with Crippen molar-refractivity contribution in [1.29, 1.82) is 0 Å². The third-order valence-corrected chi connectivity index (χ3v) is 10.3. The van der Waals surface area contributed by atoms with E-state index in [2.05, 4.69) is 67.8 Å². The van der Waals surface area contributed by atoms with Crippen molar-refractivity contribution in [3.63, 3.8) is 0 Å².